The molecule has 0 rings (SSSR count). The first-order valence-corrected chi connectivity index (χ1v) is 5.46. The third kappa shape index (κ3) is 6.05. The first kappa shape index (κ1) is 12.9. The fourth-order valence-corrected chi connectivity index (χ4v) is 1.57. The van der Waals surface area contributed by atoms with Gasteiger partial charge in [0.1, 0.15) is 0 Å². The molecule has 0 saturated carbocycles. The van der Waals surface area contributed by atoms with Gasteiger partial charge in [0.15, 0.2) is 0 Å². The predicted octanol–water partition coefficient (Wildman–Crippen LogP) is 1.96. The summed E-state index contributed by atoms with van der Waals surface area (Å²) in [4.78, 5) is 2.31. The molecule has 1 unspecified atom stereocenters. The van der Waals surface area contributed by atoms with E-state index < -0.39 is 0 Å². The van der Waals surface area contributed by atoms with Gasteiger partial charge < -0.3 is 10.2 Å². The highest BCUT2D eigenvalue weighted by molar-refractivity contribution is 4.72. The van der Waals surface area contributed by atoms with Gasteiger partial charge >= 0.3 is 0 Å². The standard InChI is InChI=1S/C11H26N2/c1-6-7-8-12-9-11(10(2)3)13(4)5/h10-12H,6-9H2,1-5H3. The Labute approximate surface area is 83.7 Å². The quantitative estimate of drug-likeness (QED) is 0.612. The molecule has 0 bridgehead atoms. The molecule has 0 saturated heterocycles. The largest absolute Gasteiger partial charge is 0.315 e. The second-order valence-corrected chi connectivity index (χ2v) is 4.33. The van der Waals surface area contributed by atoms with E-state index in [1.54, 1.807) is 0 Å². The molecule has 2 nitrogen and oxygen atoms in total. The highest BCUT2D eigenvalue weighted by Crippen LogP contribution is 2.05. The van der Waals surface area contributed by atoms with Crippen LogP contribution in [-0.2, 0) is 0 Å². The minimum absolute atomic E-state index is 0.664. The van der Waals surface area contributed by atoms with Crippen molar-refractivity contribution in [2.75, 3.05) is 27.2 Å². The van der Waals surface area contributed by atoms with Crippen molar-refractivity contribution in [2.24, 2.45) is 5.92 Å². The zero-order valence-corrected chi connectivity index (χ0v) is 9.93. The number of nitrogens with one attached hydrogen (secondary N) is 1. The van der Waals surface area contributed by atoms with Crippen LogP contribution in [0.25, 0.3) is 0 Å². The van der Waals surface area contributed by atoms with Crippen molar-refractivity contribution in [2.45, 2.75) is 39.7 Å². The summed E-state index contributed by atoms with van der Waals surface area (Å²) >= 11 is 0. The van der Waals surface area contributed by atoms with E-state index in [0.717, 1.165) is 19.0 Å². The summed E-state index contributed by atoms with van der Waals surface area (Å²) in [6, 6.07) is 0.664. The summed E-state index contributed by atoms with van der Waals surface area (Å²) in [5.41, 5.74) is 0. The van der Waals surface area contributed by atoms with E-state index in [0.29, 0.717) is 6.04 Å². The molecule has 0 spiro atoms. The molecule has 0 amide bonds. The number of likely N-dealkylation sites (N-methyl/N-ethyl adjacent to an activating group) is 1. The number of rotatable bonds is 7. The summed E-state index contributed by atoms with van der Waals surface area (Å²) in [6.45, 7) is 9.07. The van der Waals surface area contributed by atoms with Gasteiger partial charge in [0.05, 0.1) is 0 Å². The smallest absolute Gasteiger partial charge is 0.0237 e. The SMILES string of the molecule is CCCCNCC(C(C)C)N(C)C. The third-order valence-electron chi connectivity index (χ3n) is 2.49. The van der Waals surface area contributed by atoms with Crippen LogP contribution in [0.15, 0.2) is 0 Å². The van der Waals surface area contributed by atoms with Crippen LogP contribution in [0.1, 0.15) is 33.6 Å². The van der Waals surface area contributed by atoms with Crippen LogP contribution in [0, 0.1) is 5.92 Å². The lowest BCUT2D eigenvalue weighted by Gasteiger charge is -2.28. The number of unbranched alkanes of at least 4 members (excludes halogenated alkanes) is 1. The van der Waals surface area contributed by atoms with Crippen molar-refractivity contribution in [1.29, 1.82) is 0 Å². The highest BCUT2D eigenvalue weighted by atomic mass is 15.1. The summed E-state index contributed by atoms with van der Waals surface area (Å²) in [7, 11) is 4.32. The third-order valence-corrected chi connectivity index (χ3v) is 2.49. The van der Waals surface area contributed by atoms with Crippen molar-refractivity contribution < 1.29 is 0 Å². The Morgan fingerprint density at radius 3 is 2.23 bits per heavy atom. The lowest BCUT2D eigenvalue weighted by molar-refractivity contribution is 0.224. The van der Waals surface area contributed by atoms with E-state index in [1.165, 1.54) is 12.8 Å². The summed E-state index contributed by atoms with van der Waals surface area (Å²) < 4.78 is 0. The maximum Gasteiger partial charge on any atom is 0.0237 e. The van der Waals surface area contributed by atoms with Crippen molar-refractivity contribution in [3.05, 3.63) is 0 Å². The van der Waals surface area contributed by atoms with Gasteiger partial charge in [0.2, 0.25) is 0 Å². The van der Waals surface area contributed by atoms with Crippen LogP contribution < -0.4 is 5.32 Å². The van der Waals surface area contributed by atoms with Gasteiger partial charge in [0.25, 0.3) is 0 Å². The molecule has 0 radical (unpaired) electrons. The monoisotopic (exact) mass is 186 g/mol. The van der Waals surface area contributed by atoms with Crippen molar-refractivity contribution in [3.63, 3.8) is 0 Å². The number of hydrogen-bond acceptors (Lipinski definition) is 2. The molecule has 0 aliphatic rings. The van der Waals surface area contributed by atoms with Crippen LogP contribution in [0.3, 0.4) is 0 Å². The van der Waals surface area contributed by atoms with Crippen LogP contribution in [0.5, 0.6) is 0 Å². The zero-order chi connectivity index (χ0) is 10.3. The van der Waals surface area contributed by atoms with E-state index in [2.05, 4.69) is 45.1 Å². The average Bonchev–Trinajstić information content (AvgIpc) is 2.02. The second kappa shape index (κ2) is 7.34. The Balaban J connectivity index is 3.58. The first-order chi connectivity index (χ1) is 6.09. The van der Waals surface area contributed by atoms with Crippen molar-refractivity contribution in [3.8, 4) is 0 Å². The fraction of sp³-hybridized carbons (Fsp3) is 1.00. The van der Waals surface area contributed by atoms with Gasteiger partial charge in [-0.1, -0.05) is 27.2 Å². The fourth-order valence-electron chi connectivity index (χ4n) is 1.57. The van der Waals surface area contributed by atoms with Gasteiger partial charge in [-0.3, -0.25) is 0 Å². The Bertz CT molecular complexity index is 103. The van der Waals surface area contributed by atoms with Gasteiger partial charge in [-0.2, -0.15) is 0 Å². The lowest BCUT2D eigenvalue weighted by atomic mass is 10.0. The van der Waals surface area contributed by atoms with Crippen molar-refractivity contribution in [1.82, 2.24) is 10.2 Å². The lowest BCUT2D eigenvalue weighted by Crippen LogP contribution is -2.41. The van der Waals surface area contributed by atoms with E-state index in [-0.39, 0.29) is 0 Å². The molecule has 0 aromatic carbocycles. The molecule has 0 aromatic rings. The number of nitrogens with zero attached hydrogens (tertiary/aromatic N) is 1. The van der Waals surface area contributed by atoms with Crippen LogP contribution in [-0.4, -0.2) is 38.1 Å². The van der Waals surface area contributed by atoms with E-state index in [4.69, 9.17) is 0 Å². The van der Waals surface area contributed by atoms with Crippen molar-refractivity contribution >= 4 is 0 Å². The molecule has 80 valence electrons. The van der Waals surface area contributed by atoms with E-state index >= 15 is 0 Å². The summed E-state index contributed by atoms with van der Waals surface area (Å²) in [5.74, 6) is 0.726. The highest BCUT2D eigenvalue weighted by Gasteiger charge is 2.14. The summed E-state index contributed by atoms with van der Waals surface area (Å²) in [5, 5.41) is 3.51. The molecule has 13 heavy (non-hydrogen) atoms. The van der Waals surface area contributed by atoms with E-state index in [1.807, 2.05) is 0 Å². The molecule has 0 aromatic heterocycles. The minimum Gasteiger partial charge on any atom is -0.315 e. The van der Waals surface area contributed by atoms with Crippen LogP contribution in [0.4, 0.5) is 0 Å². The Morgan fingerprint density at radius 2 is 1.85 bits per heavy atom. The predicted molar refractivity (Wildman–Crippen MR) is 60.1 cm³/mol. The normalized spacial score (nSPS) is 14.1. The molecular formula is C11H26N2. The van der Waals surface area contributed by atoms with Crippen LogP contribution >= 0.6 is 0 Å². The van der Waals surface area contributed by atoms with Gasteiger partial charge in [-0.15, -0.1) is 0 Å². The molecule has 0 fully saturated rings. The maximum absolute atomic E-state index is 3.51. The molecule has 2 heteroatoms. The molecule has 0 aliphatic carbocycles. The second-order valence-electron chi connectivity index (χ2n) is 4.33. The van der Waals surface area contributed by atoms with Gasteiger partial charge in [-0.25, -0.2) is 0 Å². The van der Waals surface area contributed by atoms with E-state index in [9.17, 15) is 0 Å². The molecule has 1 N–H and O–H groups in total. The maximum atomic E-state index is 3.51. The summed E-state index contributed by atoms with van der Waals surface area (Å²) in [6.07, 6.45) is 2.57. The molecule has 0 heterocycles. The number of hydrogen-bond donors (Lipinski definition) is 1. The Hall–Kier alpha value is -0.0800. The molecule has 1 atom stereocenters. The topological polar surface area (TPSA) is 15.3 Å². The van der Waals surface area contributed by atoms with Gasteiger partial charge in [-0.05, 0) is 33.0 Å². The van der Waals surface area contributed by atoms with Crippen LogP contribution in [0.2, 0.25) is 0 Å². The minimum atomic E-state index is 0.664. The Kier molecular flexibility index (Phi) is 7.29. The zero-order valence-electron chi connectivity index (χ0n) is 9.93. The average molecular weight is 186 g/mol. The molecular weight excluding hydrogens is 160 g/mol. The first-order valence-electron chi connectivity index (χ1n) is 5.46. The molecule has 0 aliphatic heterocycles. The van der Waals surface area contributed by atoms with Gasteiger partial charge in [0, 0.05) is 12.6 Å². The Morgan fingerprint density at radius 1 is 1.23 bits per heavy atom.